The van der Waals surface area contributed by atoms with Crippen molar-refractivity contribution in [3.05, 3.63) is 0 Å². The molecule has 0 aliphatic heterocycles. The van der Waals surface area contributed by atoms with Crippen LogP contribution in [0.3, 0.4) is 0 Å². The largest absolute Gasteiger partial charge is 0.229 e. The highest BCUT2D eigenvalue weighted by molar-refractivity contribution is 7.90. The maximum atomic E-state index is 10.4. The molecule has 0 rings (SSSR count). The summed E-state index contributed by atoms with van der Waals surface area (Å²) in [5, 5.41) is 0. The second-order valence-electron chi connectivity index (χ2n) is 1.98. The number of hydrogen-bond donors (Lipinski definition) is 0. The van der Waals surface area contributed by atoms with Crippen molar-refractivity contribution in [2.24, 2.45) is 0 Å². The monoisotopic (exact) mass is 136 g/mol. The van der Waals surface area contributed by atoms with Crippen molar-refractivity contribution in [2.45, 2.75) is 19.8 Å². The molecular formula is C5H12O2S. The molecule has 0 atom stereocenters. The fourth-order valence-corrected chi connectivity index (χ4v) is 1.22. The van der Waals surface area contributed by atoms with Crippen molar-refractivity contribution in [1.29, 1.82) is 0 Å². The molecule has 0 saturated carbocycles. The first-order valence-electron chi connectivity index (χ1n) is 2.74. The number of unbranched alkanes of at least 4 members (excludes halogenated alkanes) is 1. The summed E-state index contributed by atoms with van der Waals surface area (Å²) in [5.74, 6) is 0.337. The Morgan fingerprint density at radius 3 is 2.00 bits per heavy atom. The van der Waals surface area contributed by atoms with Crippen LogP contribution in [0.15, 0.2) is 0 Å². The van der Waals surface area contributed by atoms with Crippen molar-refractivity contribution in [3.63, 3.8) is 0 Å². The molecule has 0 spiro atoms. The number of hydrogen-bond acceptors (Lipinski definition) is 2. The van der Waals surface area contributed by atoms with Gasteiger partial charge in [-0.15, -0.1) is 0 Å². The number of rotatable bonds is 3. The Hall–Kier alpha value is -0.0500. The highest BCUT2D eigenvalue weighted by Gasteiger charge is 1.97. The van der Waals surface area contributed by atoms with E-state index >= 15 is 0 Å². The van der Waals surface area contributed by atoms with Crippen LogP contribution in [0.2, 0.25) is 0 Å². The van der Waals surface area contributed by atoms with Crippen LogP contribution in [0, 0.1) is 0 Å². The summed E-state index contributed by atoms with van der Waals surface area (Å²) in [6, 6.07) is 0. The van der Waals surface area contributed by atoms with Crippen molar-refractivity contribution >= 4 is 9.84 Å². The highest BCUT2D eigenvalue weighted by Crippen LogP contribution is 1.91. The van der Waals surface area contributed by atoms with Gasteiger partial charge in [0.25, 0.3) is 0 Å². The second kappa shape index (κ2) is 3.07. The smallest absolute Gasteiger partial charge is 0.147 e. The quantitative estimate of drug-likeness (QED) is 0.576. The summed E-state index contributed by atoms with van der Waals surface area (Å²) in [5.41, 5.74) is 0. The minimum atomic E-state index is -2.69. The third kappa shape index (κ3) is 5.95. The molecule has 0 aliphatic carbocycles. The molecule has 0 bridgehead atoms. The van der Waals surface area contributed by atoms with Crippen LogP contribution in [-0.4, -0.2) is 20.4 Å². The van der Waals surface area contributed by atoms with Crippen LogP contribution in [-0.2, 0) is 9.84 Å². The van der Waals surface area contributed by atoms with Crippen LogP contribution < -0.4 is 0 Å². The molecule has 0 amide bonds. The van der Waals surface area contributed by atoms with Gasteiger partial charge in [-0.2, -0.15) is 0 Å². The summed E-state index contributed by atoms with van der Waals surface area (Å²) in [6.07, 6.45) is 3.01. The van der Waals surface area contributed by atoms with Gasteiger partial charge in [0.1, 0.15) is 9.84 Å². The standard InChI is InChI=1S/C5H12O2S/c1-3-4-5-8(2,6)7/h3-5H2,1-2H3. The fraction of sp³-hybridized carbons (Fsp3) is 1.00. The molecule has 0 aromatic carbocycles. The van der Waals surface area contributed by atoms with E-state index in [1.54, 1.807) is 0 Å². The second-order valence-corrected chi connectivity index (χ2v) is 4.24. The Kier molecular flexibility index (Phi) is 3.05. The van der Waals surface area contributed by atoms with E-state index in [1.165, 1.54) is 6.26 Å². The van der Waals surface area contributed by atoms with Gasteiger partial charge in [0.05, 0.1) is 0 Å². The highest BCUT2D eigenvalue weighted by atomic mass is 32.2. The maximum absolute atomic E-state index is 10.4. The first-order chi connectivity index (χ1) is 3.56. The van der Waals surface area contributed by atoms with Crippen LogP contribution in [0.4, 0.5) is 0 Å². The minimum absolute atomic E-state index is 0.337. The Labute approximate surface area is 50.8 Å². The Morgan fingerprint density at radius 1 is 1.38 bits per heavy atom. The van der Waals surface area contributed by atoms with E-state index in [2.05, 4.69) is 0 Å². The lowest BCUT2D eigenvalue weighted by atomic mass is 10.4. The molecule has 0 saturated heterocycles. The van der Waals surface area contributed by atoms with E-state index in [9.17, 15) is 8.42 Å². The first kappa shape index (κ1) is 7.95. The molecule has 0 aromatic rings. The molecule has 0 N–H and O–H groups in total. The van der Waals surface area contributed by atoms with Crippen LogP contribution in [0.25, 0.3) is 0 Å². The lowest BCUT2D eigenvalue weighted by molar-refractivity contribution is 0.598. The summed E-state index contributed by atoms with van der Waals surface area (Å²) in [4.78, 5) is 0. The van der Waals surface area contributed by atoms with Gasteiger partial charge in [-0.25, -0.2) is 8.42 Å². The van der Waals surface area contributed by atoms with Crippen molar-refractivity contribution in [3.8, 4) is 0 Å². The summed E-state index contributed by atoms with van der Waals surface area (Å²) < 4.78 is 20.8. The van der Waals surface area contributed by atoms with Gasteiger partial charge in [-0.05, 0) is 6.42 Å². The fourth-order valence-electron chi connectivity index (χ4n) is 0.407. The van der Waals surface area contributed by atoms with E-state index in [4.69, 9.17) is 0 Å². The Bertz CT molecular complexity index is 135. The average Bonchev–Trinajstić information content (AvgIpc) is 1.59. The van der Waals surface area contributed by atoms with Gasteiger partial charge in [-0.3, -0.25) is 0 Å². The third-order valence-corrected chi connectivity index (χ3v) is 1.90. The zero-order valence-corrected chi connectivity index (χ0v) is 6.16. The first-order valence-corrected chi connectivity index (χ1v) is 4.80. The zero-order valence-electron chi connectivity index (χ0n) is 5.35. The number of sulfone groups is 1. The van der Waals surface area contributed by atoms with E-state index in [0.29, 0.717) is 5.75 Å². The van der Waals surface area contributed by atoms with Crippen molar-refractivity contribution < 1.29 is 8.42 Å². The van der Waals surface area contributed by atoms with Crippen molar-refractivity contribution in [1.82, 2.24) is 0 Å². The molecule has 3 heteroatoms. The van der Waals surface area contributed by atoms with Crippen LogP contribution in [0.1, 0.15) is 19.8 Å². The van der Waals surface area contributed by atoms with Crippen LogP contribution in [0.5, 0.6) is 0 Å². The average molecular weight is 136 g/mol. The third-order valence-electron chi connectivity index (χ3n) is 0.869. The molecule has 0 aromatic heterocycles. The lowest BCUT2D eigenvalue weighted by Gasteiger charge is -1.91. The van der Waals surface area contributed by atoms with E-state index in [-0.39, 0.29) is 0 Å². The van der Waals surface area contributed by atoms with E-state index in [1.807, 2.05) is 6.92 Å². The maximum Gasteiger partial charge on any atom is 0.147 e. The van der Waals surface area contributed by atoms with E-state index < -0.39 is 9.84 Å². The topological polar surface area (TPSA) is 34.1 Å². The Balaban J connectivity index is 3.42. The van der Waals surface area contributed by atoms with Crippen molar-refractivity contribution in [2.75, 3.05) is 12.0 Å². The van der Waals surface area contributed by atoms with Gasteiger partial charge in [0, 0.05) is 12.0 Å². The zero-order chi connectivity index (χ0) is 6.62. The van der Waals surface area contributed by atoms with Gasteiger partial charge in [-0.1, -0.05) is 13.3 Å². The molecule has 0 aliphatic rings. The van der Waals surface area contributed by atoms with E-state index in [0.717, 1.165) is 12.8 Å². The molecule has 2 nitrogen and oxygen atoms in total. The molecular weight excluding hydrogens is 124 g/mol. The summed E-state index contributed by atoms with van der Waals surface area (Å²) in [6.45, 7) is 1.98. The predicted molar refractivity (Wildman–Crippen MR) is 34.6 cm³/mol. The normalized spacial score (nSPS) is 11.8. The van der Waals surface area contributed by atoms with Gasteiger partial charge < -0.3 is 0 Å². The molecule has 8 heavy (non-hydrogen) atoms. The molecule has 0 heterocycles. The molecule has 0 fully saturated rings. The lowest BCUT2D eigenvalue weighted by Crippen LogP contribution is -2.01. The molecule has 50 valence electrons. The molecule has 0 radical (unpaired) electrons. The van der Waals surface area contributed by atoms with Gasteiger partial charge >= 0.3 is 0 Å². The Morgan fingerprint density at radius 2 is 1.88 bits per heavy atom. The van der Waals surface area contributed by atoms with Crippen LogP contribution >= 0.6 is 0 Å². The minimum Gasteiger partial charge on any atom is -0.229 e. The molecule has 0 unspecified atom stereocenters. The SMILES string of the molecule is CCCCS(C)(=O)=O. The van der Waals surface area contributed by atoms with Gasteiger partial charge in [0.15, 0.2) is 0 Å². The summed E-state index contributed by atoms with van der Waals surface area (Å²) in [7, 11) is -2.69. The predicted octanol–water partition coefficient (Wildman–Crippen LogP) is 0.831. The summed E-state index contributed by atoms with van der Waals surface area (Å²) >= 11 is 0. The van der Waals surface area contributed by atoms with Gasteiger partial charge in [0.2, 0.25) is 0 Å².